The van der Waals surface area contributed by atoms with Gasteiger partial charge in [0.1, 0.15) is 10.8 Å². The fourth-order valence-electron chi connectivity index (χ4n) is 1.58. The summed E-state index contributed by atoms with van der Waals surface area (Å²) in [6.07, 6.45) is 0. The Bertz CT molecular complexity index is 644. The molecule has 20 heavy (non-hydrogen) atoms. The summed E-state index contributed by atoms with van der Waals surface area (Å²) in [5, 5.41) is 11.7. The Morgan fingerprint density at radius 1 is 1.30 bits per heavy atom. The predicted octanol–water partition coefficient (Wildman–Crippen LogP) is 2.37. The standard InChI is InChI=1S/C13H17N5OS/c1-7-17-18-12(20-7)16-11(19)8-5-9(13(2,3)4)15-10(14)6-8/h5-6H,1-4H3,(H2,14,15)(H,16,18,19). The molecule has 0 aliphatic heterocycles. The molecule has 2 aromatic heterocycles. The Hall–Kier alpha value is -2.02. The highest BCUT2D eigenvalue weighted by Crippen LogP contribution is 2.23. The lowest BCUT2D eigenvalue weighted by Crippen LogP contribution is -2.18. The van der Waals surface area contributed by atoms with Crippen molar-refractivity contribution in [2.75, 3.05) is 11.1 Å². The Morgan fingerprint density at radius 3 is 2.55 bits per heavy atom. The summed E-state index contributed by atoms with van der Waals surface area (Å²) < 4.78 is 0. The number of nitrogens with two attached hydrogens (primary N) is 1. The predicted molar refractivity (Wildman–Crippen MR) is 79.9 cm³/mol. The molecule has 0 atom stereocenters. The van der Waals surface area contributed by atoms with Crippen molar-refractivity contribution in [2.24, 2.45) is 0 Å². The number of nitrogens with one attached hydrogen (secondary N) is 1. The molecular formula is C13H17N5OS. The van der Waals surface area contributed by atoms with Gasteiger partial charge in [-0.05, 0) is 19.1 Å². The molecule has 2 aromatic rings. The molecule has 1 amide bonds. The molecule has 0 saturated carbocycles. The number of hydrogen-bond donors (Lipinski definition) is 2. The fourth-order valence-corrected chi connectivity index (χ4v) is 2.17. The van der Waals surface area contributed by atoms with Crippen LogP contribution in [0.4, 0.5) is 10.9 Å². The zero-order valence-corrected chi connectivity index (χ0v) is 12.7. The van der Waals surface area contributed by atoms with Crippen LogP contribution in [0.2, 0.25) is 0 Å². The van der Waals surface area contributed by atoms with Crippen molar-refractivity contribution in [1.29, 1.82) is 0 Å². The van der Waals surface area contributed by atoms with E-state index in [1.165, 1.54) is 11.3 Å². The molecule has 106 valence electrons. The molecule has 0 aliphatic rings. The Kier molecular flexibility index (Phi) is 3.71. The zero-order chi connectivity index (χ0) is 14.9. The van der Waals surface area contributed by atoms with E-state index in [9.17, 15) is 4.79 Å². The van der Waals surface area contributed by atoms with Crippen LogP contribution in [-0.4, -0.2) is 21.1 Å². The molecule has 0 unspecified atom stereocenters. The van der Waals surface area contributed by atoms with Gasteiger partial charge in [0.2, 0.25) is 5.13 Å². The van der Waals surface area contributed by atoms with E-state index in [0.29, 0.717) is 16.5 Å². The first kappa shape index (κ1) is 14.4. The number of nitrogen functional groups attached to an aromatic ring is 1. The Morgan fingerprint density at radius 2 is 2.00 bits per heavy atom. The van der Waals surface area contributed by atoms with Gasteiger partial charge in [-0.25, -0.2) is 4.98 Å². The van der Waals surface area contributed by atoms with Crippen LogP contribution >= 0.6 is 11.3 Å². The molecule has 0 aromatic carbocycles. The van der Waals surface area contributed by atoms with Gasteiger partial charge in [0.25, 0.3) is 5.91 Å². The number of pyridine rings is 1. The van der Waals surface area contributed by atoms with Crippen molar-refractivity contribution in [3.05, 3.63) is 28.4 Å². The van der Waals surface area contributed by atoms with Crippen LogP contribution in [0, 0.1) is 6.92 Å². The lowest BCUT2D eigenvalue weighted by atomic mass is 9.90. The van der Waals surface area contributed by atoms with Crippen LogP contribution in [-0.2, 0) is 5.41 Å². The van der Waals surface area contributed by atoms with Crippen LogP contribution in [0.3, 0.4) is 0 Å². The lowest BCUT2D eigenvalue weighted by Gasteiger charge is -2.18. The van der Waals surface area contributed by atoms with Crippen LogP contribution in [0.15, 0.2) is 12.1 Å². The van der Waals surface area contributed by atoms with Gasteiger partial charge in [0.05, 0.1) is 0 Å². The van der Waals surface area contributed by atoms with E-state index in [1.54, 1.807) is 12.1 Å². The Labute approximate surface area is 121 Å². The summed E-state index contributed by atoms with van der Waals surface area (Å²) in [5.41, 5.74) is 6.84. The summed E-state index contributed by atoms with van der Waals surface area (Å²) >= 11 is 1.32. The number of carbonyl (C=O) groups excluding carboxylic acids is 1. The number of hydrogen-bond acceptors (Lipinski definition) is 6. The third-order valence-corrected chi connectivity index (χ3v) is 3.38. The van der Waals surface area contributed by atoms with Gasteiger partial charge in [-0.1, -0.05) is 32.1 Å². The minimum atomic E-state index is -0.263. The number of carbonyl (C=O) groups is 1. The fraction of sp³-hybridized carbons (Fsp3) is 0.385. The van der Waals surface area contributed by atoms with Crippen LogP contribution in [0.5, 0.6) is 0 Å². The SMILES string of the molecule is Cc1nnc(NC(=O)c2cc(N)nc(C(C)(C)C)c2)s1. The molecule has 3 N–H and O–H groups in total. The molecule has 2 heterocycles. The molecular weight excluding hydrogens is 274 g/mol. The number of aromatic nitrogens is 3. The average molecular weight is 291 g/mol. The van der Waals surface area contributed by atoms with Crippen molar-refractivity contribution >= 4 is 28.2 Å². The minimum Gasteiger partial charge on any atom is -0.384 e. The largest absolute Gasteiger partial charge is 0.384 e. The van der Waals surface area contributed by atoms with Crippen LogP contribution < -0.4 is 11.1 Å². The van der Waals surface area contributed by atoms with Gasteiger partial charge >= 0.3 is 0 Å². The highest BCUT2D eigenvalue weighted by Gasteiger charge is 2.19. The van der Waals surface area contributed by atoms with E-state index in [2.05, 4.69) is 20.5 Å². The second-order valence-electron chi connectivity index (χ2n) is 5.50. The summed E-state index contributed by atoms with van der Waals surface area (Å²) in [4.78, 5) is 16.5. The van der Waals surface area contributed by atoms with Crippen LogP contribution in [0.1, 0.15) is 41.8 Å². The van der Waals surface area contributed by atoms with Crippen molar-refractivity contribution in [3.8, 4) is 0 Å². The number of amides is 1. The second-order valence-corrected chi connectivity index (χ2v) is 6.68. The molecule has 0 aliphatic carbocycles. The molecule has 0 bridgehead atoms. The molecule has 2 rings (SSSR count). The smallest absolute Gasteiger partial charge is 0.257 e. The second kappa shape index (κ2) is 5.16. The Balaban J connectivity index is 2.28. The first-order chi connectivity index (χ1) is 9.25. The van der Waals surface area contributed by atoms with E-state index in [4.69, 9.17) is 5.73 Å². The third-order valence-electron chi connectivity index (χ3n) is 2.62. The maximum absolute atomic E-state index is 12.2. The molecule has 6 nitrogen and oxygen atoms in total. The maximum atomic E-state index is 12.2. The van der Waals surface area contributed by atoms with Crippen molar-refractivity contribution in [2.45, 2.75) is 33.1 Å². The number of anilines is 2. The number of nitrogens with zero attached hydrogens (tertiary/aromatic N) is 3. The first-order valence-corrected chi connectivity index (χ1v) is 6.97. The van der Waals surface area contributed by atoms with Gasteiger partial charge in [-0.15, -0.1) is 10.2 Å². The van der Waals surface area contributed by atoms with E-state index >= 15 is 0 Å². The van der Waals surface area contributed by atoms with E-state index in [1.807, 2.05) is 27.7 Å². The normalized spacial score (nSPS) is 11.4. The molecule has 0 spiro atoms. The summed E-state index contributed by atoms with van der Waals surface area (Å²) in [5.74, 6) is 0.0665. The van der Waals surface area contributed by atoms with Gasteiger partial charge in [-0.2, -0.15) is 0 Å². The molecule has 7 heteroatoms. The van der Waals surface area contributed by atoms with Crippen molar-refractivity contribution in [1.82, 2.24) is 15.2 Å². The minimum absolute atomic E-state index is 0.177. The maximum Gasteiger partial charge on any atom is 0.257 e. The van der Waals surface area contributed by atoms with Gasteiger partial charge in [-0.3, -0.25) is 10.1 Å². The van der Waals surface area contributed by atoms with Gasteiger partial charge in [0, 0.05) is 16.7 Å². The van der Waals surface area contributed by atoms with E-state index in [0.717, 1.165) is 10.7 Å². The van der Waals surface area contributed by atoms with Gasteiger partial charge in [0.15, 0.2) is 0 Å². The summed E-state index contributed by atoms with van der Waals surface area (Å²) in [7, 11) is 0. The van der Waals surface area contributed by atoms with Gasteiger partial charge < -0.3 is 5.73 Å². The summed E-state index contributed by atoms with van der Waals surface area (Å²) in [6, 6.07) is 3.30. The highest BCUT2D eigenvalue weighted by atomic mass is 32.1. The molecule has 0 radical (unpaired) electrons. The number of aryl methyl sites for hydroxylation is 1. The summed E-state index contributed by atoms with van der Waals surface area (Å²) in [6.45, 7) is 7.88. The van der Waals surface area contributed by atoms with Crippen molar-refractivity contribution in [3.63, 3.8) is 0 Å². The molecule has 0 fully saturated rings. The average Bonchev–Trinajstić information content (AvgIpc) is 2.72. The topological polar surface area (TPSA) is 93.8 Å². The third kappa shape index (κ3) is 3.30. The quantitative estimate of drug-likeness (QED) is 0.886. The molecule has 0 saturated heterocycles. The van der Waals surface area contributed by atoms with Crippen molar-refractivity contribution < 1.29 is 4.79 Å². The number of rotatable bonds is 2. The van der Waals surface area contributed by atoms with E-state index < -0.39 is 0 Å². The highest BCUT2D eigenvalue weighted by molar-refractivity contribution is 7.15. The van der Waals surface area contributed by atoms with Crippen LogP contribution in [0.25, 0.3) is 0 Å². The first-order valence-electron chi connectivity index (χ1n) is 6.15. The monoisotopic (exact) mass is 291 g/mol. The zero-order valence-electron chi connectivity index (χ0n) is 11.9. The van der Waals surface area contributed by atoms with E-state index in [-0.39, 0.29) is 11.3 Å². The lowest BCUT2D eigenvalue weighted by molar-refractivity contribution is 0.102.